The van der Waals surface area contributed by atoms with E-state index in [0.717, 1.165) is 12.2 Å². The molecule has 0 N–H and O–H groups in total. The molecule has 74 valence electrons. The lowest BCUT2D eigenvalue weighted by Gasteiger charge is -2.11. The Morgan fingerprint density at radius 3 is 2.23 bits per heavy atom. The zero-order valence-electron chi connectivity index (χ0n) is 9.35. The molecule has 0 aromatic carbocycles. The van der Waals surface area contributed by atoms with Crippen LogP contribution in [0.15, 0.2) is 16.5 Å². The Morgan fingerprint density at radius 1 is 1.23 bits per heavy atom. The van der Waals surface area contributed by atoms with E-state index in [2.05, 4.69) is 45.6 Å². The minimum Gasteiger partial charge on any atom is -0.471 e. The standard InChI is InChI=1S/C11H20OSi/c1-9(2)8-10-6-7-11(12-10)13(3,4)5/h6-7,9H,8H2,1-5H3. The first-order valence-electron chi connectivity index (χ1n) is 4.99. The Balaban J connectivity index is 2.75. The number of hydrogen-bond acceptors (Lipinski definition) is 1. The van der Waals surface area contributed by atoms with Crippen LogP contribution in [0.25, 0.3) is 0 Å². The second-order valence-electron chi connectivity index (χ2n) is 5.11. The summed E-state index contributed by atoms with van der Waals surface area (Å²) in [5, 5.41) is 1.23. The highest BCUT2D eigenvalue weighted by atomic mass is 28.3. The molecule has 0 saturated carbocycles. The van der Waals surface area contributed by atoms with Crippen molar-refractivity contribution in [2.75, 3.05) is 0 Å². The van der Waals surface area contributed by atoms with Gasteiger partial charge in [-0.15, -0.1) is 0 Å². The van der Waals surface area contributed by atoms with Crippen LogP contribution in [-0.4, -0.2) is 8.07 Å². The summed E-state index contributed by atoms with van der Waals surface area (Å²) in [6.45, 7) is 11.4. The second kappa shape index (κ2) is 3.70. The maximum atomic E-state index is 5.82. The first-order chi connectivity index (χ1) is 5.89. The van der Waals surface area contributed by atoms with Gasteiger partial charge in [0.25, 0.3) is 0 Å². The van der Waals surface area contributed by atoms with Crippen LogP contribution in [-0.2, 0) is 6.42 Å². The minimum absolute atomic E-state index is 0.681. The third-order valence-electron chi connectivity index (χ3n) is 2.01. The maximum absolute atomic E-state index is 5.82. The van der Waals surface area contributed by atoms with E-state index in [0.29, 0.717) is 5.92 Å². The van der Waals surface area contributed by atoms with Crippen LogP contribution in [0.2, 0.25) is 19.6 Å². The average molecular weight is 196 g/mol. The zero-order chi connectivity index (χ0) is 10.1. The summed E-state index contributed by atoms with van der Waals surface area (Å²) in [6.07, 6.45) is 1.06. The summed E-state index contributed by atoms with van der Waals surface area (Å²) in [4.78, 5) is 0. The third-order valence-corrected chi connectivity index (χ3v) is 3.76. The van der Waals surface area contributed by atoms with Gasteiger partial charge >= 0.3 is 0 Å². The van der Waals surface area contributed by atoms with Gasteiger partial charge in [0.2, 0.25) is 0 Å². The molecule has 1 rings (SSSR count). The molecule has 0 aliphatic rings. The quantitative estimate of drug-likeness (QED) is 0.677. The van der Waals surface area contributed by atoms with Crippen LogP contribution in [0.5, 0.6) is 0 Å². The van der Waals surface area contributed by atoms with Gasteiger partial charge in [0, 0.05) is 6.42 Å². The molecule has 0 atom stereocenters. The summed E-state index contributed by atoms with van der Waals surface area (Å²) in [6, 6.07) is 4.29. The summed E-state index contributed by atoms with van der Waals surface area (Å²) in [5.74, 6) is 1.83. The third kappa shape index (κ3) is 3.03. The van der Waals surface area contributed by atoms with E-state index in [1.807, 2.05) is 0 Å². The van der Waals surface area contributed by atoms with E-state index in [4.69, 9.17) is 4.42 Å². The summed E-state index contributed by atoms with van der Waals surface area (Å²) in [7, 11) is -1.23. The van der Waals surface area contributed by atoms with Crippen LogP contribution in [0, 0.1) is 5.92 Å². The highest BCUT2D eigenvalue weighted by Gasteiger charge is 2.20. The lowest BCUT2D eigenvalue weighted by atomic mass is 10.1. The van der Waals surface area contributed by atoms with E-state index in [1.165, 1.54) is 5.38 Å². The first kappa shape index (κ1) is 10.6. The fraction of sp³-hybridized carbons (Fsp3) is 0.636. The Bertz CT molecular complexity index is 268. The van der Waals surface area contributed by atoms with Crippen molar-refractivity contribution in [3.05, 3.63) is 17.9 Å². The monoisotopic (exact) mass is 196 g/mol. The molecule has 1 nitrogen and oxygen atoms in total. The van der Waals surface area contributed by atoms with Crippen LogP contribution in [0.1, 0.15) is 19.6 Å². The molecule has 0 spiro atoms. The summed E-state index contributed by atoms with van der Waals surface area (Å²) in [5.41, 5.74) is 0. The number of furan rings is 1. The molecule has 0 bridgehead atoms. The fourth-order valence-corrected chi connectivity index (χ4v) is 2.31. The van der Waals surface area contributed by atoms with E-state index < -0.39 is 8.07 Å². The van der Waals surface area contributed by atoms with Gasteiger partial charge in [-0.05, 0) is 18.1 Å². The lowest BCUT2D eigenvalue weighted by molar-refractivity contribution is 0.490. The van der Waals surface area contributed by atoms with Gasteiger partial charge in [-0.25, -0.2) is 0 Å². The molecular formula is C11H20OSi. The smallest absolute Gasteiger partial charge is 0.123 e. The van der Waals surface area contributed by atoms with Gasteiger partial charge in [-0.1, -0.05) is 33.5 Å². The maximum Gasteiger partial charge on any atom is 0.123 e. The highest BCUT2D eigenvalue weighted by molar-refractivity contribution is 6.87. The molecule has 0 radical (unpaired) electrons. The van der Waals surface area contributed by atoms with Gasteiger partial charge < -0.3 is 4.42 Å². The molecule has 0 saturated heterocycles. The van der Waals surface area contributed by atoms with E-state index in [1.54, 1.807) is 0 Å². The topological polar surface area (TPSA) is 13.1 Å². The molecule has 1 heterocycles. The molecule has 0 fully saturated rings. The normalized spacial score (nSPS) is 12.5. The van der Waals surface area contributed by atoms with Gasteiger partial charge in [-0.3, -0.25) is 0 Å². The molecule has 0 aliphatic heterocycles. The molecule has 1 aromatic rings. The summed E-state index contributed by atoms with van der Waals surface area (Å²) >= 11 is 0. The van der Waals surface area contributed by atoms with Crippen molar-refractivity contribution in [2.24, 2.45) is 5.92 Å². The molecule has 0 aliphatic carbocycles. The van der Waals surface area contributed by atoms with Crippen molar-refractivity contribution in [1.29, 1.82) is 0 Å². The molecule has 1 aromatic heterocycles. The Hall–Kier alpha value is -0.503. The second-order valence-corrected chi connectivity index (χ2v) is 10.1. The minimum atomic E-state index is -1.23. The molecule has 0 amide bonds. The molecule has 0 unspecified atom stereocenters. The van der Waals surface area contributed by atoms with E-state index in [9.17, 15) is 0 Å². The van der Waals surface area contributed by atoms with Crippen LogP contribution < -0.4 is 5.38 Å². The van der Waals surface area contributed by atoms with Gasteiger partial charge in [0.1, 0.15) is 13.8 Å². The predicted octanol–water partition coefficient (Wildman–Crippen LogP) is 3.02. The average Bonchev–Trinajstić information content (AvgIpc) is 2.32. The lowest BCUT2D eigenvalue weighted by Crippen LogP contribution is -2.36. The van der Waals surface area contributed by atoms with Crippen LogP contribution in [0.3, 0.4) is 0 Å². The highest BCUT2D eigenvalue weighted by Crippen LogP contribution is 2.10. The SMILES string of the molecule is CC(C)Cc1ccc([Si](C)(C)C)o1. The van der Waals surface area contributed by atoms with Gasteiger partial charge in [0.15, 0.2) is 0 Å². The number of rotatable bonds is 3. The van der Waals surface area contributed by atoms with E-state index >= 15 is 0 Å². The molecule has 2 heteroatoms. The molecule has 13 heavy (non-hydrogen) atoms. The Labute approximate surface area is 82.2 Å². The zero-order valence-corrected chi connectivity index (χ0v) is 10.3. The molecular weight excluding hydrogens is 176 g/mol. The Morgan fingerprint density at radius 2 is 1.85 bits per heavy atom. The fourth-order valence-electron chi connectivity index (χ4n) is 1.29. The first-order valence-corrected chi connectivity index (χ1v) is 8.49. The largest absolute Gasteiger partial charge is 0.471 e. The van der Waals surface area contributed by atoms with Crippen LogP contribution >= 0.6 is 0 Å². The van der Waals surface area contributed by atoms with Gasteiger partial charge in [-0.2, -0.15) is 0 Å². The van der Waals surface area contributed by atoms with Crippen molar-refractivity contribution >= 4 is 13.5 Å². The van der Waals surface area contributed by atoms with Crippen molar-refractivity contribution in [1.82, 2.24) is 0 Å². The Kier molecular flexibility index (Phi) is 3.01. The number of hydrogen-bond donors (Lipinski definition) is 0. The van der Waals surface area contributed by atoms with Gasteiger partial charge in [0.05, 0.1) is 5.38 Å². The van der Waals surface area contributed by atoms with Crippen LogP contribution in [0.4, 0.5) is 0 Å². The predicted molar refractivity (Wildman–Crippen MR) is 60.2 cm³/mol. The van der Waals surface area contributed by atoms with Crippen molar-refractivity contribution in [3.63, 3.8) is 0 Å². The van der Waals surface area contributed by atoms with E-state index in [-0.39, 0.29) is 0 Å². The van der Waals surface area contributed by atoms with Crippen molar-refractivity contribution in [2.45, 2.75) is 39.9 Å². The summed E-state index contributed by atoms with van der Waals surface area (Å²) < 4.78 is 5.82. The van der Waals surface area contributed by atoms with Crippen molar-refractivity contribution < 1.29 is 4.42 Å². The van der Waals surface area contributed by atoms with Crippen molar-refractivity contribution in [3.8, 4) is 0 Å².